The van der Waals surface area contributed by atoms with Crippen LogP contribution in [-0.4, -0.2) is 23.3 Å². The first-order valence-electron chi connectivity index (χ1n) is 6.01. The largest absolute Gasteiger partial charge is 0.323 e. The molecular formula is C13H15ClFN3O. The molecule has 1 unspecified atom stereocenters. The lowest BCUT2D eigenvalue weighted by Gasteiger charge is -2.24. The van der Waals surface area contributed by atoms with Crippen LogP contribution in [-0.2, 0) is 0 Å². The van der Waals surface area contributed by atoms with Crippen LogP contribution in [0, 0.1) is 17.1 Å². The fourth-order valence-electron chi connectivity index (χ4n) is 2.14. The highest BCUT2D eigenvalue weighted by molar-refractivity contribution is 6.30. The van der Waals surface area contributed by atoms with Gasteiger partial charge in [-0.1, -0.05) is 31.5 Å². The van der Waals surface area contributed by atoms with Crippen LogP contribution in [0.25, 0.3) is 0 Å². The number of hydrogen-bond acceptors (Lipinski definition) is 2. The van der Waals surface area contributed by atoms with Crippen LogP contribution in [0.15, 0.2) is 18.2 Å². The highest BCUT2D eigenvalue weighted by Crippen LogP contribution is 2.29. The van der Waals surface area contributed by atoms with E-state index in [1.54, 1.807) is 6.07 Å². The zero-order valence-corrected chi connectivity index (χ0v) is 11.5. The van der Waals surface area contributed by atoms with Crippen LogP contribution in [0.5, 0.6) is 0 Å². The zero-order chi connectivity index (χ0) is 14.2. The fourth-order valence-corrected chi connectivity index (χ4v) is 2.26. The Morgan fingerprint density at radius 2 is 2.21 bits per heavy atom. The van der Waals surface area contributed by atoms with Crippen LogP contribution in [0.4, 0.5) is 9.18 Å². The van der Waals surface area contributed by atoms with E-state index < -0.39 is 11.9 Å². The number of nitrogens with one attached hydrogen (secondary N) is 2. The zero-order valence-electron chi connectivity index (χ0n) is 10.7. The molecular weight excluding hydrogens is 269 g/mol. The molecule has 0 saturated carbocycles. The predicted molar refractivity (Wildman–Crippen MR) is 72.0 cm³/mol. The van der Waals surface area contributed by atoms with Gasteiger partial charge >= 0.3 is 6.03 Å². The van der Waals surface area contributed by atoms with Crippen molar-refractivity contribution in [3.8, 4) is 0 Å². The SMILES string of the molecule is CC(C)CN1C(=O)NC(=N)C1c1ccc(Cl)c(F)c1. The Morgan fingerprint density at radius 1 is 1.53 bits per heavy atom. The number of urea groups is 1. The van der Waals surface area contributed by atoms with Crippen molar-refractivity contribution in [3.05, 3.63) is 34.6 Å². The van der Waals surface area contributed by atoms with Gasteiger partial charge < -0.3 is 4.90 Å². The number of rotatable bonds is 3. The average Bonchev–Trinajstić information content (AvgIpc) is 2.57. The van der Waals surface area contributed by atoms with Crippen LogP contribution >= 0.6 is 11.6 Å². The van der Waals surface area contributed by atoms with Gasteiger partial charge in [0.1, 0.15) is 17.7 Å². The molecule has 19 heavy (non-hydrogen) atoms. The predicted octanol–water partition coefficient (Wildman–Crippen LogP) is 3.18. The first-order chi connectivity index (χ1) is 8.90. The molecule has 0 bridgehead atoms. The lowest BCUT2D eigenvalue weighted by molar-refractivity contribution is 0.198. The summed E-state index contributed by atoms with van der Waals surface area (Å²) in [5.41, 5.74) is 0.547. The van der Waals surface area contributed by atoms with Crippen molar-refractivity contribution in [2.24, 2.45) is 5.92 Å². The van der Waals surface area contributed by atoms with Gasteiger partial charge in [0.2, 0.25) is 0 Å². The second-order valence-corrected chi connectivity index (χ2v) is 5.37. The van der Waals surface area contributed by atoms with Gasteiger partial charge in [0.25, 0.3) is 0 Å². The molecule has 2 rings (SSSR count). The fraction of sp³-hybridized carbons (Fsp3) is 0.385. The van der Waals surface area contributed by atoms with Crippen LogP contribution in [0.3, 0.4) is 0 Å². The Labute approximate surface area is 116 Å². The number of benzene rings is 1. The van der Waals surface area contributed by atoms with Gasteiger partial charge in [-0.2, -0.15) is 0 Å². The normalized spacial score (nSPS) is 19.2. The van der Waals surface area contributed by atoms with Gasteiger partial charge in [-0.15, -0.1) is 0 Å². The second kappa shape index (κ2) is 5.17. The smallest absolute Gasteiger partial charge is 0.310 e. The van der Waals surface area contributed by atoms with Gasteiger partial charge in [0.15, 0.2) is 0 Å². The average molecular weight is 284 g/mol. The Balaban J connectivity index is 2.36. The van der Waals surface area contributed by atoms with Crippen LogP contribution < -0.4 is 5.32 Å². The van der Waals surface area contributed by atoms with E-state index >= 15 is 0 Å². The summed E-state index contributed by atoms with van der Waals surface area (Å²) in [6.07, 6.45) is 0. The number of amides is 2. The molecule has 2 amide bonds. The highest BCUT2D eigenvalue weighted by atomic mass is 35.5. The van der Waals surface area contributed by atoms with E-state index in [1.165, 1.54) is 17.0 Å². The van der Waals surface area contributed by atoms with Crippen LogP contribution in [0.1, 0.15) is 25.5 Å². The third-order valence-corrected chi connectivity index (χ3v) is 3.22. The molecule has 1 fully saturated rings. The molecule has 2 N–H and O–H groups in total. The monoisotopic (exact) mass is 283 g/mol. The van der Waals surface area contributed by atoms with E-state index in [-0.39, 0.29) is 22.8 Å². The molecule has 1 saturated heterocycles. The molecule has 1 aliphatic heterocycles. The number of amidine groups is 1. The third kappa shape index (κ3) is 2.71. The molecule has 102 valence electrons. The van der Waals surface area contributed by atoms with Gasteiger partial charge in [0, 0.05) is 6.54 Å². The third-order valence-electron chi connectivity index (χ3n) is 2.91. The second-order valence-electron chi connectivity index (χ2n) is 4.97. The molecule has 0 aliphatic carbocycles. The van der Waals surface area contributed by atoms with E-state index in [0.717, 1.165) is 0 Å². The van der Waals surface area contributed by atoms with Crippen molar-refractivity contribution >= 4 is 23.5 Å². The maximum atomic E-state index is 13.5. The van der Waals surface area contributed by atoms with Gasteiger partial charge in [-0.3, -0.25) is 10.7 Å². The van der Waals surface area contributed by atoms with E-state index in [1.807, 2.05) is 13.8 Å². The summed E-state index contributed by atoms with van der Waals surface area (Å²) in [6.45, 7) is 4.46. The number of nitrogens with zero attached hydrogens (tertiary/aromatic N) is 1. The van der Waals surface area contributed by atoms with E-state index in [9.17, 15) is 9.18 Å². The first-order valence-corrected chi connectivity index (χ1v) is 6.39. The van der Waals surface area contributed by atoms with Crippen molar-refractivity contribution in [2.75, 3.05) is 6.54 Å². The molecule has 1 atom stereocenters. The molecule has 6 heteroatoms. The molecule has 0 aromatic heterocycles. The Kier molecular flexibility index (Phi) is 3.75. The number of halogens is 2. The summed E-state index contributed by atoms with van der Waals surface area (Å²) in [7, 11) is 0. The van der Waals surface area contributed by atoms with Crippen molar-refractivity contribution in [2.45, 2.75) is 19.9 Å². The van der Waals surface area contributed by atoms with Crippen molar-refractivity contribution in [1.29, 1.82) is 5.41 Å². The molecule has 0 radical (unpaired) electrons. The number of hydrogen-bond donors (Lipinski definition) is 2. The Morgan fingerprint density at radius 3 is 2.79 bits per heavy atom. The molecule has 4 nitrogen and oxygen atoms in total. The minimum atomic E-state index is -0.568. The minimum Gasteiger partial charge on any atom is -0.310 e. The maximum Gasteiger partial charge on any atom is 0.323 e. The van der Waals surface area contributed by atoms with Crippen LogP contribution in [0.2, 0.25) is 5.02 Å². The minimum absolute atomic E-state index is 0.0305. The number of carbonyl (C=O) groups excluding carboxylic acids is 1. The van der Waals surface area contributed by atoms with Crippen molar-refractivity contribution < 1.29 is 9.18 Å². The van der Waals surface area contributed by atoms with E-state index in [4.69, 9.17) is 17.0 Å². The highest BCUT2D eigenvalue weighted by Gasteiger charge is 2.37. The summed E-state index contributed by atoms with van der Waals surface area (Å²) in [4.78, 5) is 13.3. The summed E-state index contributed by atoms with van der Waals surface area (Å²) >= 11 is 5.65. The summed E-state index contributed by atoms with van der Waals surface area (Å²) in [6, 6.07) is 3.46. The van der Waals surface area contributed by atoms with Gasteiger partial charge in [-0.25, -0.2) is 9.18 Å². The van der Waals surface area contributed by atoms with Gasteiger partial charge in [0.05, 0.1) is 5.02 Å². The lowest BCUT2D eigenvalue weighted by Crippen LogP contribution is -2.33. The molecule has 1 aliphatic rings. The standard InChI is InChI=1S/C13H15ClFN3O/c1-7(2)6-18-11(12(16)17-13(18)19)8-3-4-9(14)10(15)5-8/h3-5,7,11H,6H2,1-2H3,(H2,16,17,19). The summed E-state index contributed by atoms with van der Waals surface area (Å²) < 4.78 is 13.5. The topological polar surface area (TPSA) is 56.2 Å². The maximum absolute atomic E-state index is 13.5. The molecule has 1 aromatic carbocycles. The Hall–Kier alpha value is -1.62. The molecule has 1 aromatic rings. The summed E-state index contributed by atoms with van der Waals surface area (Å²) in [5, 5.41) is 10.3. The quantitative estimate of drug-likeness (QED) is 0.879. The van der Waals surface area contributed by atoms with E-state index in [2.05, 4.69) is 5.32 Å². The van der Waals surface area contributed by atoms with Gasteiger partial charge in [-0.05, 0) is 23.6 Å². The van der Waals surface area contributed by atoms with Crippen molar-refractivity contribution in [1.82, 2.24) is 10.2 Å². The molecule has 0 spiro atoms. The Bertz CT molecular complexity index is 533. The van der Waals surface area contributed by atoms with E-state index in [0.29, 0.717) is 12.1 Å². The first kappa shape index (κ1) is 13.8. The molecule has 1 heterocycles. The number of carbonyl (C=O) groups is 1. The van der Waals surface area contributed by atoms with Crippen molar-refractivity contribution in [3.63, 3.8) is 0 Å². The lowest BCUT2D eigenvalue weighted by atomic mass is 10.0. The summed E-state index contributed by atoms with van der Waals surface area (Å²) in [5.74, 6) is -0.223.